The second-order valence-electron chi connectivity index (χ2n) is 7.41. The number of hydrogen-bond donors (Lipinski definition) is 1. The molecule has 0 atom stereocenters. The number of halogens is 1. The molecule has 3 rings (SSSR count). The van der Waals surface area contributed by atoms with E-state index in [1.165, 1.54) is 25.2 Å². The molecule has 2 aromatic carbocycles. The fourth-order valence-corrected chi connectivity index (χ4v) is 3.19. The van der Waals surface area contributed by atoms with E-state index in [0.717, 1.165) is 5.56 Å². The first-order valence-electron chi connectivity index (χ1n) is 10.4. The predicted molar refractivity (Wildman–Crippen MR) is 123 cm³/mol. The maximum Gasteiger partial charge on any atom is 0.249 e. The second kappa shape index (κ2) is 11.3. The van der Waals surface area contributed by atoms with E-state index in [1.54, 1.807) is 29.8 Å². The van der Waals surface area contributed by atoms with Crippen LogP contribution in [-0.2, 0) is 19.1 Å². The molecule has 0 fully saturated rings. The molecule has 174 valence electrons. The van der Waals surface area contributed by atoms with Gasteiger partial charge < -0.3 is 14.4 Å². The zero-order valence-electron chi connectivity index (χ0n) is 18.9. The maximum absolute atomic E-state index is 14.3. The summed E-state index contributed by atoms with van der Waals surface area (Å²) in [6.07, 6.45) is 1.73. The summed E-state index contributed by atoms with van der Waals surface area (Å²) in [7, 11) is 2.93. The number of anilines is 1. The number of carbonyl (C=O) groups excluding carboxylic acids is 2. The third-order valence-electron chi connectivity index (χ3n) is 4.98. The molecule has 3 aromatic rings. The van der Waals surface area contributed by atoms with Crippen LogP contribution in [0.15, 0.2) is 54.7 Å². The number of benzene rings is 2. The fraction of sp³-hybridized carbons (Fsp3) is 0.292. The smallest absolute Gasteiger partial charge is 0.249 e. The molecule has 0 unspecified atom stereocenters. The normalized spacial score (nSPS) is 10.8. The van der Waals surface area contributed by atoms with Gasteiger partial charge in [0.25, 0.3) is 0 Å². The zero-order valence-corrected chi connectivity index (χ0v) is 18.9. The van der Waals surface area contributed by atoms with Crippen LogP contribution in [0.4, 0.5) is 10.3 Å². The average Bonchev–Trinajstić information content (AvgIpc) is 3.22. The van der Waals surface area contributed by atoms with Crippen molar-refractivity contribution in [1.82, 2.24) is 14.5 Å². The van der Waals surface area contributed by atoms with Crippen LogP contribution in [-0.4, -0.2) is 66.8 Å². The van der Waals surface area contributed by atoms with Crippen LogP contribution in [0.5, 0.6) is 0 Å². The molecule has 2 amide bonds. The van der Waals surface area contributed by atoms with Crippen molar-refractivity contribution in [2.75, 3.05) is 45.8 Å². The van der Waals surface area contributed by atoms with E-state index in [-0.39, 0.29) is 44.0 Å². The van der Waals surface area contributed by atoms with Gasteiger partial charge in [0.05, 0.1) is 18.0 Å². The lowest BCUT2D eigenvalue weighted by atomic mass is 10.2. The summed E-state index contributed by atoms with van der Waals surface area (Å²) in [5.41, 5.74) is 2.47. The lowest BCUT2D eigenvalue weighted by molar-refractivity contribution is -0.138. The van der Waals surface area contributed by atoms with E-state index in [1.807, 2.05) is 30.3 Å². The highest BCUT2D eigenvalue weighted by Crippen LogP contribution is 2.25. The molecule has 8 nitrogen and oxygen atoms in total. The Morgan fingerprint density at radius 2 is 1.88 bits per heavy atom. The first-order chi connectivity index (χ1) is 15.9. The van der Waals surface area contributed by atoms with E-state index in [4.69, 9.17) is 9.47 Å². The zero-order chi connectivity index (χ0) is 23.8. The average molecular weight is 455 g/mol. The minimum absolute atomic E-state index is 0.146. The summed E-state index contributed by atoms with van der Waals surface area (Å²) in [4.78, 5) is 31.0. The number of methoxy groups -OCH3 is 2. The van der Waals surface area contributed by atoms with Crippen LogP contribution < -0.4 is 5.32 Å². The van der Waals surface area contributed by atoms with E-state index < -0.39 is 5.91 Å². The molecule has 0 aliphatic rings. The van der Waals surface area contributed by atoms with Gasteiger partial charge in [-0.2, -0.15) is 0 Å². The molecule has 0 spiro atoms. The largest absolute Gasteiger partial charge is 0.383 e. The molecule has 0 aliphatic heterocycles. The van der Waals surface area contributed by atoms with Gasteiger partial charge in [-0.15, -0.1) is 0 Å². The van der Waals surface area contributed by atoms with Crippen molar-refractivity contribution in [1.29, 1.82) is 0 Å². The first-order valence-corrected chi connectivity index (χ1v) is 10.4. The molecular formula is C24H27FN4O4. The molecule has 0 aliphatic carbocycles. The van der Waals surface area contributed by atoms with E-state index in [9.17, 15) is 14.0 Å². The SMILES string of the molecule is COCCN(CC(=O)Nc1nc(-c2ccccc2)cn1-c1ccc(C)c(F)c1)C(=O)COC. The van der Waals surface area contributed by atoms with Crippen molar-refractivity contribution in [2.24, 2.45) is 0 Å². The van der Waals surface area contributed by atoms with Gasteiger partial charge in [-0.05, 0) is 24.6 Å². The van der Waals surface area contributed by atoms with Gasteiger partial charge in [-0.1, -0.05) is 36.4 Å². The summed E-state index contributed by atoms with van der Waals surface area (Å²) in [6, 6.07) is 14.2. The van der Waals surface area contributed by atoms with Crippen molar-refractivity contribution in [3.63, 3.8) is 0 Å². The van der Waals surface area contributed by atoms with Crippen LogP contribution in [0.1, 0.15) is 5.56 Å². The predicted octanol–water partition coefficient (Wildman–Crippen LogP) is 3.05. The highest BCUT2D eigenvalue weighted by Gasteiger charge is 2.20. The van der Waals surface area contributed by atoms with Crippen LogP contribution in [0.3, 0.4) is 0 Å². The van der Waals surface area contributed by atoms with E-state index in [2.05, 4.69) is 10.3 Å². The van der Waals surface area contributed by atoms with Crippen LogP contribution >= 0.6 is 0 Å². The quantitative estimate of drug-likeness (QED) is 0.509. The Morgan fingerprint density at radius 3 is 2.55 bits per heavy atom. The van der Waals surface area contributed by atoms with Gasteiger partial charge in [-0.3, -0.25) is 19.5 Å². The molecule has 0 radical (unpaired) electrons. The third-order valence-corrected chi connectivity index (χ3v) is 4.98. The van der Waals surface area contributed by atoms with Gasteiger partial charge in [0.2, 0.25) is 17.8 Å². The van der Waals surface area contributed by atoms with Gasteiger partial charge in [0.15, 0.2) is 0 Å². The molecule has 0 saturated heterocycles. The van der Waals surface area contributed by atoms with Crippen molar-refractivity contribution in [3.8, 4) is 16.9 Å². The molecule has 9 heteroatoms. The molecule has 33 heavy (non-hydrogen) atoms. The van der Waals surface area contributed by atoms with Crippen LogP contribution in [0, 0.1) is 12.7 Å². The summed E-state index contributed by atoms with van der Waals surface area (Å²) in [6.45, 7) is 1.83. The Morgan fingerprint density at radius 1 is 1.12 bits per heavy atom. The van der Waals surface area contributed by atoms with E-state index >= 15 is 0 Å². The third kappa shape index (κ3) is 6.24. The van der Waals surface area contributed by atoms with Gasteiger partial charge in [-0.25, -0.2) is 9.37 Å². The number of ether oxygens (including phenoxy) is 2. The topological polar surface area (TPSA) is 85.7 Å². The number of amides is 2. The molecular weight excluding hydrogens is 427 g/mol. The number of aromatic nitrogens is 2. The van der Waals surface area contributed by atoms with Gasteiger partial charge in [0, 0.05) is 32.5 Å². The van der Waals surface area contributed by atoms with E-state index in [0.29, 0.717) is 16.9 Å². The summed E-state index contributed by atoms with van der Waals surface area (Å²) >= 11 is 0. The van der Waals surface area contributed by atoms with Gasteiger partial charge >= 0.3 is 0 Å². The lowest BCUT2D eigenvalue weighted by Crippen LogP contribution is -2.41. The van der Waals surface area contributed by atoms with Crippen molar-refractivity contribution in [3.05, 3.63) is 66.1 Å². The molecule has 0 bridgehead atoms. The molecule has 0 saturated carbocycles. The van der Waals surface area contributed by atoms with Crippen LogP contribution in [0.2, 0.25) is 0 Å². The molecule has 1 aromatic heterocycles. The maximum atomic E-state index is 14.3. The highest BCUT2D eigenvalue weighted by atomic mass is 19.1. The van der Waals surface area contributed by atoms with Crippen molar-refractivity contribution in [2.45, 2.75) is 6.92 Å². The Kier molecular flexibility index (Phi) is 8.28. The van der Waals surface area contributed by atoms with Crippen LogP contribution in [0.25, 0.3) is 16.9 Å². The Bertz CT molecular complexity index is 1100. The van der Waals surface area contributed by atoms with Gasteiger partial charge in [0.1, 0.15) is 19.0 Å². The molecule has 1 N–H and O–H groups in total. The lowest BCUT2D eigenvalue weighted by Gasteiger charge is -2.21. The standard InChI is InChI=1S/C24H27FN4O4/c1-17-9-10-19(13-20(17)25)29-14-21(18-7-5-4-6-8-18)26-24(29)27-22(30)15-28(11-12-32-2)23(31)16-33-3/h4-10,13-14H,11-12,15-16H2,1-3H3,(H,26,27,30). The summed E-state index contributed by atoms with van der Waals surface area (Å²) < 4.78 is 25.8. The summed E-state index contributed by atoms with van der Waals surface area (Å²) in [5, 5.41) is 2.75. The monoisotopic (exact) mass is 454 g/mol. The number of aryl methyl sites for hydroxylation is 1. The number of rotatable bonds is 10. The number of nitrogens with one attached hydrogen (secondary N) is 1. The number of hydrogen-bond acceptors (Lipinski definition) is 5. The number of imidazole rings is 1. The fourth-order valence-electron chi connectivity index (χ4n) is 3.19. The minimum Gasteiger partial charge on any atom is -0.383 e. The van der Waals surface area contributed by atoms with Crippen molar-refractivity contribution >= 4 is 17.8 Å². The Labute approximate surface area is 191 Å². The minimum atomic E-state index is -0.449. The highest BCUT2D eigenvalue weighted by molar-refractivity contribution is 5.94. The van der Waals surface area contributed by atoms with Crippen molar-refractivity contribution < 1.29 is 23.5 Å². The second-order valence-corrected chi connectivity index (χ2v) is 7.41. The summed E-state index contributed by atoms with van der Waals surface area (Å²) in [5.74, 6) is -0.933. The Hall–Kier alpha value is -3.56. The first kappa shape index (κ1) is 24.1. The number of nitrogens with zero attached hydrogens (tertiary/aromatic N) is 3. The molecule has 1 heterocycles. The Balaban J connectivity index is 1.90. The number of carbonyl (C=O) groups is 2.